The number of carbonyl (C=O) groups excluding carboxylic acids is 1. The minimum atomic E-state index is -0.492. The van der Waals surface area contributed by atoms with Crippen LogP contribution in [0.1, 0.15) is 46.8 Å². The van der Waals surface area contributed by atoms with E-state index in [1.54, 1.807) is 7.11 Å². The fourth-order valence-corrected chi connectivity index (χ4v) is 3.57. The van der Waals surface area contributed by atoms with Gasteiger partial charge in [-0.05, 0) is 56.6 Å². The molecule has 29 heavy (non-hydrogen) atoms. The number of benzene rings is 2. The molecule has 0 bridgehead atoms. The van der Waals surface area contributed by atoms with E-state index in [2.05, 4.69) is 0 Å². The van der Waals surface area contributed by atoms with Gasteiger partial charge in [-0.1, -0.05) is 29.8 Å². The number of aromatic hydroxyl groups is 1. The van der Waals surface area contributed by atoms with Gasteiger partial charge in [0.1, 0.15) is 29.4 Å². The van der Waals surface area contributed by atoms with E-state index in [9.17, 15) is 9.90 Å². The largest absolute Gasteiger partial charge is 0.507 e. The molecule has 0 spiro atoms. The highest BCUT2D eigenvalue weighted by Crippen LogP contribution is 2.42. The van der Waals surface area contributed by atoms with Crippen molar-refractivity contribution >= 4 is 23.2 Å². The van der Waals surface area contributed by atoms with Crippen molar-refractivity contribution in [1.29, 1.82) is 0 Å². The summed E-state index contributed by atoms with van der Waals surface area (Å²) in [6.45, 7) is 4.04. The Balaban J connectivity index is 1.69. The van der Waals surface area contributed by atoms with Crippen LogP contribution in [-0.2, 0) is 17.8 Å². The Morgan fingerprint density at radius 2 is 2.00 bits per heavy atom. The van der Waals surface area contributed by atoms with Crippen molar-refractivity contribution in [3.05, 3.63) is 64.2 Å². The Bertz CT molecular complexity index is 963. The highest BCUT2D eigenvalue weighted by Gasteiger charge is 2.31. The maximum Gasteiger partial charge on any atom is 0.342 e. The molecule has 0 amide bonds. The summed E-state index contributed by atoms with van der Waals surface area (Å²) in [7, 11) is 1.56. The number of phenolic OH excluding ortho intramolecular Hbond substituents is 1. The van der Waals surface area contributed by atoms with Crippen LogP contribution >= 0.6 is 12.2 Å². The second-order valence-corrected chi connectivity index (χ2v) is 7.41. The lowest BCUT2D eigenvalue weighted by molar-refractivity contribution is 0.0533. The number of cyclic esters (lactones) is 1. The Labute approximate surface area is 175 Å². The lowest BCUT2D eigenvalue weighted by Gasteiger charge is -2.15. The maximum atomic E-state index is 12.0. The number of allylic oxidation sites excluding steroid dienone is 2. The minimum absolute atomic E-state index is 0.0584. The van der Waals surface area contributed by atoms with Crippen molar-refractivity contribution < 1.29 is 24.1 Å². The van der Waals surface area contributed by atoms with Crippen LogP contribution in [0.5, 0.6) is 17.2 Å². The molecule has 152 valence electrons. The molecule has 1 heterocycles. The molecular formula is C23H24O5S. The number of methoxy groups -OCH3 is 1. The van der Waals surface area contributed by atoms with Crippen molar-refractivity contribution in [2.45, 2.75) is 39.7 Å². The van der Waals surface area contributed by atoms with E-state index in [1.807, 2.05) is 50.3 Å². The number of fused-ring (bicyclic) bond motifs is 1. The molecule has 3 rings (SSSR count). The van der Waals surface area contributed by atoms with Gasteiger partial charge in [0.15, 0.2) is 5.05 Å². The third-order valence-corrected chi connectivity index (χ3v) is 5.29. The summed E-state index contributed by atoms with van der Waals surface area (Å²) in [5.74, 6) is 0.770. The summed E-state index contributed by atoms with van der Waals surface area (Å²) in [6.07, 6.45) is 3.80. The molecule has 1 N–H and O–H groups in total. The van der Waals surface area contributed by atoms with Crippen molar-refractivity contribution in [2.24, 2.45) is 0 Å². The number of hydrogen-bond acceptors (Lipinski definition) is 6. The number of hydrogen-bond donors (Lipinski definition) is 1. The quantitative estimate of drug-likeness (QED) is 0.390. The highest BCUT2D eigenvalue weighted by molar-refractivity contribution is 7.80. The minimum Gasteiger partial charge on any atom is -0.507 e. The molecule has 0 unspecified atom stereocenters. The molecule has 1 aliphatic rings. The molecule has 6 heteroatoms. The summed E-state index contributed by atoms with van der Waals surface area (Å²) in [5.41, 5.74) is 3.46. The van der Waals surface area contributed by atoms with E-state index >= 15 is 0 Å². The fraction of sp³-hybridized carbons (Fsp3) is 0.304. The first-order chi connectivity index (χ1) is 13.9. The average molecular weight is 413 g/mol. The monoisotopic (exact) mass is 412 g/mol. The number of ether oxygens (including phenoxy) is 3. The van der Waals surface area contributed by atoms with Crippen LogP contribution in [0.25, 0.3) is 0 Å². The van der Waals surface area contributed by atoms with E-state index in [-0.39, 0.29) is 17.9 Å². The first-order valence-electron chi connectivity index (χ1n) is 9.42. The number of phenols is 1. The molecule has 0 aliphatic carbocycles. The van der Waals surface area contributed by atoms with Crippen LogP contribution in [0.15, 0.2) is 42.0 Å². The number of rotatable bonds is 7. The second kappa shape index (κ2) is 9.09. The lowest BCUT2D eigenvalue weighted by atomic mass is 9.94. The highest BCUT2D eigenvalue weighted by atomic mass is 32.1. The summed E-state index contributed by atoms with van der Waals surface area (Å²) >= 11 is 5.32. The molecule has 2 aromatic rings. The van der Waals surface area contributed by atoms with Crippen molar-refractivity contribution in [3.63, 3.8) is 0 Å². The Morgan fingerprint density at radius 3 is 2.69 bits per heavy atom. The number of esters is 1. The maximum absolute atomic E-state index is 12.0. The van der Waals surface area contributed by atoms with Crippen molar-refractivity contribution in [2.75, 3.05) is 7.11 Å². The van der Waals surface area contributed by atoms with Crippen LogP contribution in [0.4, 0.5) is 0 Å². The first-order valence-corrected chi connectivity index (χ1v) is 9.83. The smallest absolute Gasteiger partial charge is 0.342 e. The van der Waals surface area contributed by atoms with Crippen molar-refractivity contribution in [3.8, 4) is 17.2 Å². The molecule has 0 saturated heterocycles. The van der Waals surface area contributed by atoms with Crippen molar-refractivity contribution in [1.82, 2.24) is 0 Å². The summed E-state index contributed by atoms with van der Waals surface area (Å²) in [4.78, 5) is 12.0. The molecule has 0 fully saturated rings. The summed E-state index contributed by atoms with van der Waals surface area (Å²) < 4.78 is 16.3. The van der Waals surface area contributed by atoms with Gasteiger partial charge in [0.05, 0.1) is 7.11 Å². The molecule has 2 aromatic carbocycles. The van der Waals surface area contributed by atoms with Crippen LogP contribution in [0, 0.1) is 6.92 Å². The SMILES string of the molecule is COc1c(C)c2c(c(O)c1C/C=C(\C)CCC(=S)Oc1ccccc1)C(=O)OC2. The van der Waals surface area contributed by atoms with Gasteiger partial charge in [-0.15, -0.1) is 0 Å². The molecule has 0 saturated carbocycles. The number of carbonyl (C=O) groups is 1. The predicted molar refractivity (Wildman–Crippen MR) is 115 cm³/mol. The average Bonchev–Trinajstić information content (AvgIpc) is 3.11. The van der Waals surface area contributed by atoms with Gasteiger partial charge >= 0.3 is 5.97 Å². The van der Waals surface area contributed by atoms with Gasteiger partial charge < -0.3 is 19.3 Å². The van der Waals surface area contributed by atoms with Crippen LogP contribution in [0.3, 0.4) is 0 Å². The van der Waals surface area contributed by atoms with Crippen LogP contribution in [0.2, 0.25) is 0 Å². The fourth-order valence-electron chi connectivity index (χ4n) is 3.38. The Kier molecular flexibility index (Phi) is 6.54. The summed E-state index contributed by atoms with van der Waals surface area (Å²) in [6, 6.07) is 9.46. The van der Waals surface area contributed by atoms with Crippen LogP contribution < -0.4 is 9.47 Å². The normalized spacial score (nSPS) is 13.1. The molecule has 5 nitrogen and oxygen atoms in total. The number of para-hydroxylation sites is 1. The Hall–Kier alpha value is -2.86. The third kappa shape index (κ3) is 4.59. The lowest BCUT2D eigenvalue weighted by Crippen LogP contribution is -2.05. The number of thiocarbonyl (C=S) groups is 1. The van der Waals surface area contributed by atoms with E-state index in [0.717, 1.165) is 23.3 Å². The van der Waals surface area contributed by atoms with E-state index < -0.39 is 5.97 Å². The van der Waals surface area contributed by atoms with E-state index in [1.165, 1.54) is 0 Å². The van der Waals surface area contributed by atoms with Gasteiger partial charge in [-0.25, -0.2) is 4.79 Å². The van der Waals surface area contributed by atoms with Gasteiger partial charge in [0.2, 0.25) is 0 Å². The van der Waals surface area contributed by atoms with E-state index in [0.29, 0.717) is 34.8 Å². The van der Waals surface area contributed by atoms with Gasteiger partial charge in [-0.3, -0.25) is 0 Å². The Morgan fingerprint density at radius 1 is 1.28 bits per heavy atom. The van der Waals surface area contributed by atoms with E-state index in [4.69, 9.17) is 26.4 Å². The molecule has 0 aromatic heterocycles. The molecule has 0 atom stereocenters. The zero-order valence-electron chi connectivity index (χ0n) is 16.8. The predicted octanol–water partition coefficient (Wildman–Crippen LogP) is 5.06. The van der Waals surface area contributed by atoms with Crippen LogP contribution in [-0.4, -0.2) is 23.2 Å². The third-order valence-electron chi connectivity index (χ3n) is 5.00. The zero-order chi connectivity index (χ0) is 21.0. The van der Waals surface area contributed by atoms with Gasteiger partial charge in [0, 0.05) is 17.5 Å². The van der Waals surface area contributed by atoms with Gasteiger partial charge in [-0.2, -0.15) is 0 Å². The summed E-state index contributed by atoms with van der Waals surface area (Å²) in [5, 5.41) is 11.2. The topological polar surface area (TPSA) is 65.0 Å². The molecule has 0 radical (unpaired) electrons. The molecule has 1 aliphatic heterocycles. The zero-order valence-corrected chi connectivity index (χ0v) is 17.6. The first kappa shape index (κ1) is 20.9. The molecular weight excluding hydrogens is 388 g/mol. The van der Waals surface area contributed by atoms with Gasteiger partial charge in [0.25, 0.3) is 0 Å². The standard InChI is InChI=1S/C23H24O5S/c1-14(10-12-19(29)28-16-7-5-4-6-8-16)9-11-17-21(24)20-18(13-27-23(20)25)15(2)22(17)26-3/h4-9,24H,10-13H2,1-3H3/b14-9+. The second-order valence-electron chi connectivity index (χ2n) is 6.96.